The number of aromatic nitrogens is 2. The van der Waals surface area contributed by atoms with E-state index >= 15 is 0 Å². The molecule has 4 rings (SSSR count). The van der Waals surface area contributed by atoms with Gasteiger partial charge in [-0.15, -0.1) is 0 Å². The molecule has 0 radical (unpaired) electrons. The summed E-state index contributed by atoms with van der Waals surface area (Å²) >= 11 is 1.13. The molecule has 0 unspecified atom stereocenters. The first-order valence-electron chi connectivity index (χ1n) is 11.1. The third-order valence-corrected chi connectivity index (χ3v) is 6.45. The first-order valence-corrected chi connectivity index (χ1v) is 12.1. The number of hydrogen-bond acceptors (Lipinski definition) is 6. The minimum Gasteiger partial charge on any atom is -0.495 e. The first-order chi connectivity index (χ1) is 17.0. The molecule has 0 saturated carbocycles. The first kappa shape index (κ1) is 24.2. The highest BCUT2D eigenvalue weighted by Crippen LogP contribution is 2.27. The van der Waals surface area contributed by atoms with E-state index in [1.807, 2.05) is 48.5 Å². The number of nitrogens with one attached hydrogen (secondary N) is 1. The Morgan fingerprint density at radius 3 is 2.43 bits per heavy atom. The van der Waals surface area contributed by atoms with Crippen molar-refractivity contribution in [2.75, 3.05) is 12.9 Å². The number of ketones is 1. The van der Waals surface area contributed by atoms with Crippen molar-refractivity contribution in [1.82, 2.24) is 14.9 Å². The molecule has 0 bridgehead atoms. The fourth-order valence-electron chi connectivity index (χ4n) is 3.75. The number of benzene rings is 3. The quantitative estimate of drug-likeness (QED) is 0.285. The van der Waals surface area contributed by atoms with Crippen LogP contribution in [0.5, 0.6) is 5.75 Å². The van der Waals surface area contributed by atoms with Gasteiger partial charge in [-0.2, -0.15) is 0 Å². The van der Waals surface area contributed by atoms with Gasteiger partial charge in [-0.1, -0.05) is 66.4 Å². The summed E-state index contributed by atoms with van der Waals surface area (Å²) in [6.07, 6.45) is 0.409. The van der Waals surface area contributed by atoms with Gasteiger partial charge in [0, 0.05) is 0 Å². The van der Waals surface area contributed by atoms with Gasteiger partial charge in [0.15, 0.2) is 10.9 Å². The molecular formula is C27H25N3O4S. The topological polar surface area (TPSA) is 90.3 Å². The van der Waals surface area contributed by atoms with Gasteiger partial charge in [0.05, 0.1) is 35.5 Å². The van der Waals surface area contributed by atoms with Crippen molar-refractivity contribution in [1.29, 1.82) is 0 Å². The highest BCUT2D eigenvalue weighted by Gasteiger charge is 2.20. The number of para-hydroxylation sites is 3. The van der Waals surface area contributed by atoms with E-state index in [-0.39, 0.29) is 23.0 Å². The van der Waals surface area contributed by atoms with E-state index < -0.39 is 6.04 Å². The molecule has 0 aliphatic rings. The normalized spacial score (nSPS) is 11.7. The van der Waals surface area contributed by atoms with E-state index in [1.54, 1.807) is 30.3 Å². The van der Waals surface area contributed by atoms with E-state index in [9.17, 15) is 14.4 Å². The average Bonchev–Trinajstić information content (AvgIpc) is 2.88. The second kappa shape index (κ2) is 11.0. The lowest BCUT2D eigenvalue weighted by atomic mass is 10.0. The van der Waals surface area contributed by atoms with E-state index in [0.29, 0.717) is 33.9 Å². The Morgan fingerprint density at radius 2 is 1.69 bits per heavy atom. The number of rotatable bonds is 9. The lowest BCUT2D eigenvalue weighted by Crippen LogP contribution is -2.42. The van der Waals surface area contributed by atoms with E-state index in [1.165, 1.54) is 18.6 Å². The van der Waals surface area contributed by atoms with Crippen LogP contribution in [0.25, 0.3) is 16.6 Å². The lowest BCUT2D eigenvalue weighted by molar-refractivity contribution is -0.125. The van der Waals surface area contributed by atoms with Crippen LogP contribution >= 0.6 is 11.8 Å². The molecule has 1 amide bonds. The zero-order chi connectivity index (χ0) is 24.8. The zero-order valence-electron chi connectivity index (χ0n) is 19.4. The highest BCUT2D eigenvalue weighted by atomic mass is 32.2. The number of amides is 1. The Labute approximate surface area is 207 Å². The van der Waals surface area contributed by atoms with Crippen LogP contribution in [0.3, 0.4) is 0 Å². The molecule has 178 valence electrons. The number of carbonyl (C=O) groups excluding carboxylic acids is 2. The number of fused-ring (bicyclic) bond motifs is 1. The second-order valence-electron chi connectivity index (χ2n) is 7.93. The number of ether oxygens (including phenoxy) is 1. The van der Waals surface area contributed by atoms with Crippen LogP contribution in [0.2, 0.25) is 0 Å². The third kappa shape index (κ3) is 5.60. The Morgan fingerprint density at radius 1 is 1.00 bits per heavy atom. The van der Waals surface area contributed by atoms with Gasteiger partial charge in [-0.25, -0.2) is 4.98 Å². The van der Waals surface area contributed by atoms with Gasteiger partial charge in [-0.05, 0) is 43.2 Å². The molecule has 35 heavy (non-hydrogen) atoms. The largest absolute Gasteiger partial charge is 0.495 e. The molecule has 0 aliphatic heterocycles. The molecule has 1 aromatic heterocycles. The molecule has 1 atom stereocenters. The number of carbonyl (C=O) groups is 2. The Kier molecular flexibility index (Phi) is 7.62. The summed E-state index contributed by atoms with van der Waals surface area (Å²) < 4.78 is 6.93. The molecule has 1 heterocycles. The third-order valence-electron chi connectivity index (χ3n) is 5.51. The maximum absolute atomic E-state index is 13.4. The van der Waals surface area contributed by atoms with Gasteiger partial charge in [0.1, 0.15) is 5.75 Å². The van der Waals surface area contributed by atoms with E-state index in [0.717, 1.165) is 17.3 Å². The Hall–Kier alpha value is -3.91. The monoisotopic (exact) mass is 487 g/mol. The Bertz CT molecular complexity index is 1420. The molecule has 7 nitrogen and oxygen atoms in total. The fourth-order valence-corrected chi connectivity index (χ4v) is 4.57. The van der Waals surface area contributed by atoms with Gasteiger partial charge in [0.25, 0.3) is 5.56 Å². The number of methoxy groups -OCH3 is 1. The average molecular weight is 488 g/mol. The van der Waals surface area contributed by atoms with Crippen molar-refractivity contribution in [2.45, 2.75) is 24.5 Å². The van der Waals surface area contributed by atoms with Gasteiger partial charge in [-0.3, -0.25) is 19.0 Å². The Balaban J connectivity index is 1.61. The maximum atomic E-state index is 13.4. The standard InChI is InChI=1S/C27H25N3O4S/c1-18(31)22(16-19-10-4-3-5-11-19)28-25(32)17-35-27-29-21-13-7-6-12-20(21)26(33)30(27)23-14-8-9-15-24(23)34-2/h3-15,22H,16-17H2,1-2H3,(H,28,32)/t22-/m0/s1. The van der Waals surface area contributed by atoms with Crippen LogP contribution in [0.15, 0.2) is 88.8 Å². The number of hydrogen-bond donors (Lipinski definition) is 1. The molecule has 3 aromatic carbocycles. The van der Waals surface area contributed by atoms with Crippen molar-refractivity contribution in [3.63, 3.8) is 0 Å². The van der Waals surface area contributed by atoms with Crippen LogP contribution in [0.1, 0.15) is 12.5 Å². The van der Waals surface area contributed by atoms with E-state index in [2.05, 4.69) is 10.3 Å². The minimum absolute atomic E-state index is 0.0154. The van der Waals surface area contributed by atoms with E-state index in [4.69, 9.17) is 4.74 Å². The van der Waals surface area contributed by atoms with Crippen molar-refractivity contribution in [2.24, 2.45) is 0 Å². The number of nitrogens with zero attached hydrogens (tertiary/aromatic N) is 2. The summed E-state index contributed by atoms with van der Waals surface area (Å²) in [6.45, 7) is 1.46. The zero-order valence-corrected chi connectivity index (χ0v) is 20.2. The van der Waals surface area contributed by atoms with Crippen molar-refractivity contribution >= 4 is 34.4 Å². The summed E-state index contributed by atoms with van der Waals surface area (Å²) in [4.78, 5) is 43.1. The molecule has 8 heteroatoms. The molecule has 0 spiro atoms. The van der Waals surface area contributed by atoms with Crippen molar-refractivity contribution in [3.8, 4) is 11.4 Å². The molecular weight excluding hydrogens is 462 g/mol. The number of thioether (sulfide) groups is 1. The highest BCUT2D eigenvalue weighted by molar-refractivity contribution is 7.99. The molecule has 4 aromatic rings. The van der Waals surface area contributed by atoms with Gasteiger partial charge in [0.2, 0.25) is 5.91 Å². The maximum Gasteiger partial charge on any atom is 0.266 e. The van der Waals surface area contributed by atoms with Crippen LogP contribution in [0.4, 0.5) is 0 Å². The summed E-state index contributed by atoms with van der Waals surface area (Å²) in [6, 6.07) is 23.1. The molecule has 0 aliphatic carbocycles. The van der Waals surface area contributed by atoms with Crippen LogP contribution < -0.4 is 15.6 Å². The predicted molar refractivity (Wildman–Crippen MR) is 137 cm³/mol. The minimum atomic E-state index is -0.633. The SMILES string of the molecule is COc1ccccc1-n1c(SCC(=O)N[C@@H](Cc2ccccc2)C(C)=O)nc2ccccc2c1=O. The second-order valence-corrected chi connectivity index (χ2v) is 8.88. The van der Waals surface area contributed by atoms with Crippen LogP contribution in [-0.4, -0.2) is 40.1 Å². The number of Topliss-reactive ketones (excluding diaryl/α,β-unsaturated/α-hetero) is 1. The van der Waals surface area contributed by atoms with Gasteiger partial charge < -0.3 is 10.1 Å². The fraction of sp³-hybridized carbons (Fsp3) is 0.185. The summed E-state index contributed by atoms with van der Waals surface area (Å²) in [5, 5.41) is 3.64. The summed E-state index contributed by atoms with van der Waals surface area (Å²) in [7, 11) is 1.53. The van der Waals surface area contributed by atoms with Crippen LogP contribution in [0, 0.1) is 0 Å². The molecule has 0 saturated heterocycles. The summed E-state index contributed by atoms with van der Waals surface area (Å²) in [5.74, 6) is 0.0537. The van der Waals surface area contributed by atoms with Crippen LogP contribution in [-0.2, 0) is 16.0 Å². The molecule has 1 N–H and O–H groups in total. The van der Waals surface area contributed by atoms with Crippen molar-refractivity contribution < 1.29 is 14.3 Å². The summed E-state index contributed by atoms with van der Waals surface area (Å²) in [5.41, 5.74) is 1.78. The lowest BCUT2D eigenvalue weighted by Gasteiger charge is -2.17. The predicted octanol–water partition coefficient (Wildman–Crippen LogP) is 3.80. The smallest absolute Gasteiger partial charge is 0.266 e. The van der Waals surface area contributed by atoms with Gasteiger partial charge >= 0.3 is 0 Å². The molecule has 0 fully saturated rings. The van der Waals surface area contributed by atoms with Crippen molar-refractivity contribution in [3.05, 3.63) is 94.8 Å².